The number of phenolic OH excluding ortho intramolecular Hbond substituents is 1. The van der Waals surface area contributed by atoms with E-state index < -0.39 is 17.6 Å². The summed E-state index contributed by atoms with van der Waals surface area (Å²) in [5.41, 5.74) is 6.33. The third kappa shape index (κ3) is 4.11. The largest absolute Gasteiger partial charge is 0.508 e. The fourth-order valence-electron chi connectivity index (χ4n) is 3.88. The molecule has 1 fully saturated rings. The zero-order chi connectivity index (χ0) is 20.1. The van der Waals surface area contributed by atoms with Crippen molar-refractivity contribution < 1.29 is 19.4 Å². The summed E-state index contributed by atoms with van der Waals surface area (Å²) >= 11 is 0. The van der Waals surface area contributed by atoms with Crippen LogP contribution < -0.4 is 5.73 Å². The van der Waals surface area contributed by atoms with Crippen LogP contribution in [0.15, 0.2) is 54.6 Å². The van der Waals surface area contributed by atoms with Crippen molar-refractivity contribution in [3.63, 3.8) is 0 Å². The number of nitrogens with zero attached hydrogens (tertiary/aromatic N) is 1. The number of primary amides is 1. The second-order valence-corrected chi connectivity index (χ2v) is 7.15. The van der Waals surface area contributed by atoms with Gasteiger partial charge < -0.3 is 20.5 Å². The number of rotatable bonds is 7. The Kier molecular flexibility index (Phi) is 5.87. The number of hydrogen-bond donors (Lipinski definition) is 2. The summed E-state index contributed by atoms with van der Waals surface area (Å²) in [4.78, 5) is 26.1. The van der Waals surface area contributed by atoms with E-state index >= 15 is 0 Å². The van der Waals surface area contributed by atoms with Crippen LogP contribution in [0.1, 0.15) is 49.8 Å². The minimum absolute atomic E-state index is 0.141. The van der Waals surface area contributed by atoms with Crippen molar-refractivity contribution in [2.45, 2.75) is 44.2 Å². The number of aromatic hydroxyl groups is 1. The van der Waals surface area contributed by atoms with E-state index in [1.165, 1.54) is 0 Å². The van der Waals surface area contributed by atoms with Gasteiger partial charge in [0.1, 0.15) is 11.4 Å². The summed E-state index contributed by atoms with van der Waals surface area (Å²) in [5, 5.41) is 9.53. The summed E-state index contributed by atoms with van der Waals surface area (Å²) in [5.74, 6) is -0.223. The molecule has 1 saturated heterocycles. The van der Waals surface area contributed by atoms with Crippen LogP contribution in [-0.4, -0.2) is 28.6 Å². The molecule has 2 amide bonds. The highest BCUT2D eigenvalue weighted by atomic mass is 16.6. The van der Waals surface area contributed by atoms with Crippen LogP contribution in [0.3, 0.4) is 0 Å². The smallest absolute Gasteiger partial charge is 0.411 e. The molecule has 28 heavy (non-hydrogen) atoms. The Labute approximate surface area is 164 Å². The molecular weight excluding hydrogens is 356 g/mol. The minimum atomic E-state index is -0.850. The van der Waals surface area contributed by atoms with Gasteiger partial charge in [-0.25, -0.2) is 4.79 Å². The van der Waals surface area contributed by atoms with Crippen molar-refractivity contribution in [2.24, 2.45) is 5.73 Å². The molecule has 3 rings (SSSR count). The molecule has 6 nitrogen and oxygen atoms in total. The molecule has 0 aliphatic carbocycles. The quantitative estimate of drug-likeness (QED) is 0.761. The maximum absolute atomic E-state index is 13.0. The lowest BCUT2D eigenvalue weighted by molar-refractivity contribution is -0.121. The maximum Gasteiger partial charge on any atom is 0.411 e. The molecule has 1 aliphatic rings. The average Bonchev–Trinajstić information content (AvgIpc) is 2.70. The zero-order valence-electron chi connectivity index (χ0n) is 16.0. The molecule has 0 unspecified atom stereocenters. The van der Waals surface area contributed by atoms with E-state index in [0.29, 0.717) is 19.4 Å². The highest BCUT2D eigenvalue weighted by Crippen LogP contribution is 2.41. The monoisotopic (exact) mass is 382 g/mol. The second kappa shape index (κ2) is 8.33. The number of carbonyl (C=O) groups excluding carboxylic acids is 2. The van der Waals surface area contributed by atoms with Gasteiger partial charge in [-0.2, -0.15) is 0 Å². The van der Waals surface area contributed by atoms with Crippen LogP contribution in [0.25, 0.3) is 0 Å². The molecule has 6 heteroatoms. The first-order valence-electron chi connectivity index (χ1n) is 9.57. The van der Waals surface area contributed by atoms with Gasteiger partial charge in [0.05, 0.1) is 6.04 Å². The Balaban J connectivity index is 1.85. The molecular formula is C22H26N2O4. The fraction of sp³-hybridized carbons (Fsp3) is 0.364. The first-order valence-corrected chi connectivity index (χ1v) is 9.57. The van der Waals surface area contributed by atoms with Crippen molar-refractivity contribution in [3.05, 3.63) is 65.7 Å². The Morgan fingerprint density at radius 2 is 1.89 bits per heavy atom. The summed E-state index contributed by atoms with van der Waals surface area (Å²) < 4.78 is 5.98. The summed E-state index contributed by atoms with van der Waals surface area (Å²) in [6.07, 6.45) is 1.41. The summed E-state index contributed by atoms with van der Waals surface area (Å²) in [6.45, 7) is 2.52. The van der Waals surface area contributed by atoms with Gasteiger partial charge >= 0.3 is 6.09 Å². The third-order valence-corrected chi connectivity index (χ3v) is 5.39. The van der Waals surface area contributed by atoms with E-state index in [2.05, 4.69) is 0 Å². The number of nitrogens with two attached hydrogens (primary N) is 1. The third-order valence-electron chi connectivity index (χ3n) is 5.39. The van der Waals surface area contributed by atoms with Crippen LogP contribution in [0, 0.1) is 0 Å². The number of cyclic esters (lactones) is 1. The van der Waals surface area contributed by atoms with Crippen molar-refractivity contribution in [1.82, 2.24) is 4.90 Å². The standard InChI is InChI=1S/C22H26N2O4/c1-2-19(16-8-10-18(25)11-9-16)24-15-14-22(28-21(24)27,13-12-20(23)26)17-6-4-3-5-7-17/h3-11,19,25H,2,12-15H2,1H3,(H2,23,26)/t19-,22+/m0/s1. The predicted molar refractivity (Wildman–Crippen MR) is 105 cm³/mol. The second-order valence-electron chi connectivity index (χ2n) is 7.15. The van der Waals surface area contributed by atoms with Gasteiger partial charge in [0.2, 0.25) is 5.91 Å². The highest BCUT2D eigenvalue weighted by Gasteiger charge is 2.43. The number of benzene rings is 2. The van der Waals surface area contributed by atoms with Crippen molar-refractivity contribution in [3.8, 4) is 5.75 Å². The number of amides is 2. The lowest BCUT2D eigenvalue weighted by Crippen LogP contribution is -2.49. The minimum Gasteiger partial charge on any atom is -0.508 e. The van der Waals surface area contributed by atoms with E-state index in [1.807, 2.05) is 49.4 Å². The topological polar surface area (TPSA) is 92.9 Å². The van der Waals surface area contributed by atoms with E-state index in [1.54, 1.807) is 17.0 Å². The Morgan fingerprint density at radius 3 is 2.46 bits per heavy atom. The lowest BCUT2D eigenvalue weighted by atomic mass is 9.84. The molecule has 0 saturated carbocycles. The SMILES string of the molecule is CC[C@@H](c1ccc(O)cc1)N1CC[C@](CCC(N)=O)(c2ccccc2)OC1=O. The first kappa shape index (κ1) is 19.7. The van der Waals surface area contributed by atoms with E-state index in [4.69, 9.17) is 10.5 Å². The normalized spacial score (nSPS) is 20.5. The van der Waals surface area contributed by atoms with Crippen LogP contribution in [-0.2, 0) is 15.1 Å². The number of hydrogen-bond acceptors (Lipinski definition) is 4. The molecule has 0 aromatic heterocycles. The summed E-state index contributed by atoms with van der Waals surface area (Å²) in [6, 6.07) is 16.3. The molecule has 0 spiro atoms. The average molecular weight is 382 g/mol. The van der Waals surface area contributed by atoms with Crippen LogP contribution in [0.4, 0.5) is 4.79 Å². The highest BCUT2D eigenvalue weighted by molar-refractivity contribution is 5.74. The first-order chi connectivity index (χ1) is 13.4. The Morgan fingerprint density at radius 1 is 1.21 bits per heavy atom. The number of ether oxygens (including phenoxy) is 1. The van der Waals surface area contributed by atoms with Gasteiger partial charge in [-0.05, 0) is 29.7 Å². The molecule has 2 aromatic rings. The van der Waals surface area contributed by atoms with Gasteiger partial charge in [-0.3, -0.25) is 4.79 Å². The summed E-state index contributed by atoms with van der Waals surface area (Å²) in [7, 11) is 0. The molecule has 2 aromatic carbocycles. The van der Waals surface area contributed by atoms with Crippen molar-refractivity contribution >= 4 is 12.0 Å². The van der Waals surface area contributed by atoms with Gasteiger partial charge in [-0.15, -0.1) is 0 Å². The van der Waals surface area contributed by atoms with Crippen LogP contribution in [0.5, 0.6) is 5.75 Å². The molecule has 1 heterocycles. The van der Waals surface area contributed by atoms with Crippen molar-refractivity contribution in [1.29, 1.82) is 0 Å². The van der Waals surface area contributed by atoms with Gasteiger partial charge in [0.25, 0.3) is 0 Å². The van der Waals surface area contributed by atoms with Crippen LogP contribution >= 0.6 is 0 Å². The molecule has 3 N–H and O–H groups in total. The Bertz CT molecular complexity index is 822. The predicted octanol–water partition coefficient (Wildman–Crippen LogP) is 3.85. The van der Waals surface area contributed by atoms with Gasteiger partial charge in [0.15, 0.2) is 0 Å². The van der Waals surface area contributed by atoms with E-state index in [9.17, 15) is 14.7 Å². The molecule has 2 atom stereocenters. The van der Waals surface area contributed by atoms with E-state index in [0.717, 1.165) is 17.5 Å². The molecule has 1 aliphatic heterocycles. The Hall–Kier alpha value is -3.02. The molecule has 148 valence electrons. The van der Waals surface area contributed by atoms with Gasteiger partial charge in [-0.1, -0.05) is 49.4 Å². The van der Waals surface area contributed by atoms with Crippen LogP contribution in [0.2, 0.25) is 0 Å². The van der Waals surface area contributed by atoms with E-state index in [-0.39, 0.29) is 18.2 Å². The number of carbonyl (C=O) groups is 2. The maximum atomic E-state index is 13.0. The molecule has 0 bridgehead atoms. The van der Waals surface area contributed by atoms with Gasteiger partial charge in [0, 0.05) is 25.8 Å². The lowest BCUT2D eigenvalue weighted by Gasteiger charge is -2.44. The fourth-order valence-corrected chi connectivity index (χ4v) is 3.88. The molecule has 0 radical (unpaired) electrons. The zero-order valence-corrected chi connectivity index (χ0v) is 16.0. The number of phenols is 1. The van der Waals surface area contributed by atoms with Crippen molar-refractivity contribution in [2.75, 3.05) is 6.54 Å².